The molecular weight excluding hydrogens is 452 g/mol. The quantitative estimate of drug-likeness (QED) is 0.497. The topological polar surface area (TPSA) is 69.0 Å². The molecule has 0 radical (unpaired) electrons. The highest BCUT2D eigenvalue weighted by Gasteiger charge is 2.14. The van der Waals surface area contributed by atoms with Crippen molar-refractivity contribution in [3.8, 4) is 5.75 Å². The maximum Gasteiger partial charge on any atom is 0.234 e. The lowest BCUT2D eigenvalue weighted by Crippen LogP contribution is -2.16. The molecule has 0 fully saturated rings. The molecule has 1 heterocycles. The van der Waals surface area contributed by atoms with Crippen LogP contribution in [0.2, 0.25) is 0 Å². The number of hydrogen-bond acceptors (Lipinski definition) is 5. The Balaban J connectivity index is 1.56. The number of anilines is 1. The molecule has 0 aliphatic rings. The first-order valence-corrected chi connectivity index (χ1v) is 10.9. The van der Waals surface area contributed by atoms with Gasteiger partial charge in [0.2, 0.25) is 5.91 Å². The van der Waals surface area contributed by atoms with E-state index < -0.39 is 0 Å². The number of ether oxygens (including phenoxy) is 1. The molecular formula is C21H23BrN4O2S. The lowest BCUT2D eigenvalue weighted by atomic mass is 10.1. The normalized spacial score (nSPS) is 10.8. The maximum absolute atomic E-state index is 12.4. The highest BCUT2D eigenvalue weighted by atomic mass is 79.9. The van der Waals surface area contributed by atoms with Crippen LogP contribution < -0.4 is 10.1 Å². The van der Waals surface area contributed by atoms with Gasteiger partial charge >= 0.3 is 0 Å². The number of halogens is 1. The molecule has 1 N–H and O–H groups in total. The summed E-state index contributed by atoms with van der Waals surface area (Å²) in [6.45, 7) is 6.30. The number of aromatic nitrogens is 3. The Bertz CT molecular complexity index is 995. The first-order valence-electron chi connectivity index (χ1n) is 9.10. The molecule has 0 saturated heterocycles. The zero-order valence-electron chi connectivity index (χ0n) is 16.8. The van der Waals surface area contributed by atoms with Crippen LogP contribution in [0, 0.1) is 20.8 Å². The summed E-state index contributed by atoms with van der Waals surface area (Å²) in [4.78, 5) is 12.4. The van der Waals surface area contributed by atoms with Gasteiger partial charge in [-0.2, -0.15) is 0 Å². The Hall–Kier alpha value is -2.32. The van der Waals surface area contributed by atoms with E-state index in [1.807, 2.05) is 68.8 Å². The summed E-state index contributed by atoms with van der Waals surface area (Å²) < 4.78 is 8.61. The summed E-state index contributed by atoms with van der Waals surface area (Å²) in [5, 5.41) is 12.0. The summed E-state index contributed by atoms with van der Waals surface area (Å²) >= 11 is 4.82. The molecule has 0 aliphatic carbocycles. The number of amides is 1. The van der Waals surface area contributed by atoms with Crippen molar-refractivity contribution >= 4 is 39.3 Å². The van der Waals surface area contributed by atoms with Gasteiger partial charge in [0, 0.05) is 17.2 Å². The predicted molar refractivity (Wildman–Crippen MR) is 119 cm³/mol. The van der Waals surface area contributed by atoms with Crippen LogP contribution in [0.25, 0.3) is 0 Å². The summed E-state index contributed by atoms with van der Waals surface area (Å²) in [5.74, 6) is 1.66. The van der Waals surface area contributed by atoms with E-state index in [-0.39, 0.29) is 11.7 Å². The Morgan fingerprint density at radius 3 is 2.45 bits per heavy atom. The second-order valence-corrected chi connectivity index (χ2v) is 8.67. The average molecular weight is 475 g/mol. The molecule has 1 amide bonds. The van der Waals surface area contributed by atoms with Crippen molar-refractivity contribution in [2.75, 3.05) is 11.1 Å². The number of nitrogens with one attached hydrogen (secondary N) is 1. The van der Waals surface area contributed by atoms with Crippen molar-refractivity contribution in [2.45, 2.75) is 32.5 Å². The second kappa shape index (κ2) is 9.45. The van der Waals surface area contributed by atoms with Crippen molar-refractivity contribution in [3.63, 3.8) is 0 Å². The van der Waals surface area contributed by atoms with Crippen LogP contribution in [0.4, 0.5) is 5.69 Å². The van der Waals surface area contributed by atoms with Crippen LogP contribution in [0.3, 0.4) is 0 Å². The summed E-state index contributed by atoms with van der Waals surface area (Å²) in [7, 11) is 1.87. The lowest BCUT2D eigenvalue weighted by molar-refractivity contribution is -0.113. The van der Waals surface area contributed by atoms with Crippen LogP contribution in [-0.4, -0.2) is 26.4 Å². The van der Waals surface area contributed by atoms with Crippen molar-refractivity contribution in [1.29, 1.82) is 0 Å². The van der Waals surface area contributed by atoms with Gasteiger partial charge in [-0.15, -0.1) is 10.2 Å². The SMILES string of the molecule is Cc1ccc(OCc2nnc(SCC(=O)Nc3c(C)cc(Br)cc3C)n2C)cc1. The van der Waals surface area contributed by atoms with E-state index in [1.54, 1.807) is 0 Å². The van der Waals surface area contributed by atoms with Crippen molar-refractivity contribution < 1.29 is 9.53 Å². The molecule has 1 aromatic heterocycles. The predicted octanol–water partition coefficient (Wildman–Crippen LogP) is 4.81. The number of carbonyl (C=O) groups excluding carboxylic acids is 1. The van der Waals surface area contributed by atoms with Crippen LogP contribution in [-0.2, 0) is 18.4 Å². The van der Waals surface area contributed by atoms with E-state index in [1.165, 1.54) is 17.3 Å². The first-order chi connectivity index (χ1) is 13.8. The largest absolute Gasteiger partial charge is 0.486 e. The van der Waals surface area contributed by atoms with Crippen LogP contribution >= 0.6 is 27.7 Å². The highest BCUT2D eigenvalue weighted by molar-refractivity contribution is 9.10. The fourth-order valence-electron chi connectivity index (χ4n) is 2.79. The third-order valence-electron chi connectivity index (χ3n) is 4.41. The van der Waals surface area contributed by atoms with E-state index in [2.05, 4.69) is 31.4 Å². The van der Waals surface area contributed by atoms with Gasteiger partial charge in [-0.25, -0.2) is 0 Å². The molecule has 3 aromatic rings. The minimum absolute atomic E-state index is 0.0797. The van der Waals surface area contributed by atoms with Gasteiger partial charge < -0.3 is 14.6 Å². The average Bonchev–Trinajstić information content (AvgIpc) is 3.02. The number of aryl methyl sites for hydroxylation is 3. The Labute approximate surface area is 183 Å². The molecule has 0 aliphatic heterocycles. The molecule has 2 aromatic carbocycles. The minimum atomic E-state index is -0.0797. The Morgan fingerprint density at radius 2 is 1.79 bits per heavy atom. The number of carbonyl (C=O) groups is 1. The zero-order valence-corrected chi connectivity index (χ0v) is 19.2. The van der Waals surface area contributed by atoms with Gasteiger partial charge in [-0.3, -0.25) is 4.79 Å². The number of benzene rings is 2. The number of hydrogen-bond donors (Lipinski definition) is 1. The standard InChI is InChI=1S/C21H23BrN4O2S/c1-13-5-7-17(8-6-13)28-11-18-24-25-21(26(18)4)29-12-19(27)23-20-14(2)9-16(22)10-15(20)3/h5-10H,11-12H2,1-4H3,(H,23,27). The van der Waals surface area contributed by atoms with Gasteiger partial charge in [-0.05, 0) is 56.2 Å². The molecule has 0 atom stereocenters. The summed E-state index contributed by atoms with van der Waals surface area (Å²) in [6, 6.07) is 11.8. The van der Waals surface area contributed by atoms with Gasteiger partial charge in [0.05, 0.1) is 5.75 Å². The van der Waals surface area contributed by atoms with Crippen molar-refractivity contribution in [1.82, 2.24) is 14.8 Å². The highest BCUT2D eigenvalue weighted by Crippen LogP contribution is 2.26. The Kier molecular flexibility index (Phi) is 6.97. The fraction of sp³-hybridized carbons (Fsp3) is 0.286. The third-order valence-corrected chi connectivity index (χ3v) is 5.89. The fourth-order valence-corrected chi connectivity index (χ4v) is 4.21. The number of thioether (sulfide) groups is 1. The number of rotatable bonds is 7. The van der Waals surface area contributed by atoms with E-state index in [9.17, 15) is 4.79 Å². The molecule has 152 valence electrons. The van der Waals surface area contributed by atoms with Crippen molar-refractivity contribution in [2.24, 2.45) is 7.05 Å². The van der Waals surface area contributed by atoms with Crippen molar-refractivity contribution in [3.05, 3.63) is 63.4 Å². The summed E-state index contributed by atoms with van der Waals surface area (Å²) in [5.41, 5.74) is 4.07. The zero-order chi connectivity index (χ0) is 21.0. The minimum Gasteiger partial charge on any atom is -0.486 e. The molecule has 0 unspecified atom stereocenters. The molecule has 0 saturated carbocycles. The third kappa shape index (κ3) is 5.61. The first kappa shape index (κ1) is 21.4. The van der Waals surface area contributed by atoms with Gasteiger partial charge in [0.15, 0.2) is 11.0 Å². The second-order valence-electron chi connectivity index (χ2n) is 6.81. The van der Waals surface area contributed by atoms with E-state index >= 15 is 0 Å². The van der Waals surface area contributed by atoms with E-state index in [4.69, 9.17) is 4.74 Å². The van der Waals surface area contributed by atoms with Crippen LogP contribution in [0.1, 0.15) is 22.5 Å². The summed E-state index contributed by atoms with van der Waals surface area (Å²) in [6.07, 6.45) is 0. The van der Waals surface area contributed by atoms with E-state index in [0.29, 0.717) is 17.6 Å². The van der Waals surface area contributed by atoms with Gasteiger partial charge in [-0.1, -0.05) is 45.4 Å². The van der Waals surface area contributed by atoms with Crippen LogP contribution in [0.5, 0.6) is 5.75 Å². The molecule has 29 heavy (non-hydrogen) atoms. The molecule has 3 rings (SSSR count). The maximum atomic E-state index is 12.4. The Morgan fingerprint density at radius 1 is 1.14 bits per heavy atom. The smallest absolute Gasteiger partial charge is 0.234 e. The molecule has 6 nitrogen and oxygen atoms in total. The van der Waals surface area contributed by atoms with Crippen LogP contribution in [0.15, 0.2) is 46.0 Å². The molecule has 0 spiro atoms. The van der Waals surface area contributed by atoms with Gasteiger partial charge in [0.25, 0.3) is 0 Å². The van der Waals surface area contributed by atoms with Gasteiger partial charge in [0.1, 0.15) is 12.4 Å². The molecule has 8 heteroatoms. The lowest BCUT2D eigenvalue weighted by Gasteiger charge is -2.12. The monoisotopic (exact) mass is 474 g/mol. The molecule has 0 bridgehead atoms. The number of nitrogens with zero attached hydrogens (tertiary/aromatic N) is 3. The van der Waals surface area contributed by atoms with E-state index in [0.717, 1.165) is 27.0 Å².